The van der Waals surface area contributed by atoms with Crippen molar-refractivity contribution in [2.45, 2.75) is 6.04 Å². The molecular weight excluding hydrogens is 358 g/mol. The minimum absolute atomic E-state index is 0.117. The Morgan fingerprint density at radius 1 is 1.07 bits per heavy atom. The van der Waals surface area contributed by atoms with Gasteiger partial charge in [0.2, 0.25) is 5.89 Å². The summed E-state index contributed by atoms with van der Waals surface area (Å²) in [4.78, 5) is 15.6. The number of aliphatic hydroxyl groups excluding tert-OH is 1. The number of nitrogens with zero attached hydrogens (tertiary/aromatic N) is 2. The Morgan fingerprint density at radius 2 is 1.82 bits per heavy atom. The maximum atomic E-state index is 11.6. The number of benzene rings is 3. The third-order valence-electron chi connectivity index (χ3n) is 4.45. The molecule has 0 fully saturated rings. The highest BCUT2D eigenvalue weighted by Crippen LogP contribution is 2.33. The van der Waals surface area contributed by atoms with E-state index in [1.54, 1.807) is 18.2 Å². The first-order valence-corrected chi connectivity index (χ1v) is 8.72. The summed E-state index contributed by atoms with van der Waals surface area (Å²) < 4.78 is 5.71. The van der Waals surface area contributed by atoms with Crippen molar-refractivity contribution in [2.24, 2.45) is 0 Å². The molecule has 28 heavy (non-hydrogen) atoms. The second-order valence-electron chi connectivity index (χ2n) is 6.27. The summed E-state index contributed by atoms with van der Waals surface area (Å²) in [6.45, 7) is -0.200. The quantitative estimate of drug-likeness (QED) is 0.379. The number of rotatable bonds is 6. The van der Waals surface area contributed by atoms with Crippen LogP contribution in [0.2, 0.25) is 0 Å². The van der Waals surface area contributed by atoms with Crippen LogP contribution >= 0.6 is 0 Å². The van der Waals surface area contributed by atoms with E-state index in [1.165, 1.54) is 6.07 Å². The van der Waals surface area contributed by atoms with Crippen LogP contribution in [0.1, 0.15) is 11.6 Å². The number of nitro groups is 1. The van der Waals surface area contributed by atoms with E-state index in [-0.39, 0.29) is 12.3 Å². The molecule has 1 aromatic heterocycles. The Morgan fingerprint density at radius 3 is 2.54 bits per heavy atom. The topological polar surface area (TPSA) is 101 Å². The smallest absolute Gasteiger partial charge is 0.293 e. The fourth-order valence-electron chi connectivity index (χ4n) is 3.04. The second kappa shape index (κ2) is 7.50. The van der Waals surface area contributed by atoms with E-state index in [0.29, 0.717) is 28.2 Å². The van der Waals surface area contributed by atoms with Crippen molar-refractivity contribution in [3.63, 3.8) is 0 Å². The Kier molecular flexibility index (Phi) is 4.74. The number of oxazole rings is 1. The predicted molar refractivity (Wildman–Crippen MR) is 106 cm³/mol. The highest BCUT2D eigenvalue weighted by atomic mass is 16.6. The van der Waals surface area contributed by atoms with E-state index in [9.17, 15) is 15.2 Å². The van der Waals surface area contributed by atoms with E-state index in [1.807, 2.05) is 48.5 Å². The van der Waals surface area contributed by atoms with E-state index in [2.05, 4.69) is 10.3 Å². The average Bonchev–Trinajstić information content (AvgIpc) is 3.17. The normalized spacial score (nSPS) is 12.0. The van der Waals surface area contributed by atoms with Gasteiger partial charge < -0.3 is 14.8 Å². The lowest BCUT2D eigenvalue weighted by Crippen LogP contribution is -2.15. The van der Waals surface area contributed by atoms with Gasteiger partial charge in [-0.2, -0.15) is 0 Å². The van der Waals surface area contributed by atoms with Crippen molar-refractivity contribution in [3.8, 4) is 11.5 Å². The molecular formula is C21H17N3O4. The fourth-order valence-corrected chi connectivity index (χ4v) is 3.04. The molecule has 0 radical (unpaired) electrons. The van der Waals surface area contributed by atoms with Crippen LogP contribution in [0.25, 0.3) is 22.6 Å². The van der Waals surface area contributed by atoms with E-state index in [4.69, 9.17) is 4.42 Å². The van der Waals surface area contributed by atoms with Gasteiger partial charge in [-0.1, -0.05) is 42.5 Å². The molecule has 0 saturated heterocycles. The Balaban J connectivity index is 1.70. The number of fused-ring (bicyclic) bond motifs is 1. The third-order valence-corrected chi connectivity index (χ3v) is 4.45. The molecule has 0 amide bonds. The van der Waals surface area contributed by atoms with Gasteiger partial charge in [0.15, 0.2) is 5.58 Å². The lowest BCUT2D eigenvalue weighted by molar-refractivity contribution is -0.383. The zero-order valence-electron chi connectivity index (χ0n) is 14.8. The SMILES string of the molecule is O=[N+]([O-])c1cc(-c2nc3ccccc3o2)ccc1NC(CO)c1ccccc1. The summed E-state index contributed by atoms with van der Waals surface area (Å²) >= 11 is 0. The van der Waals surface area contributed by atoms with Crippen LogP contribution in [0, 0.1) is 10.1 Å². The van der Waals surface area contributed by atoms with Crippen molar-refractivity contribution in [3.05, 3.63) is 88.5 Å². The van der Waals surface area contributed by atoms with Gasteiger partial charge in [-0.05, 0) is 29.8 Å². The molecule has 0 spiro atoms. The largest absolute Gasteiger partial charge is 0.436 e. The Hall–Kier alpha value is -3.71. The summed E-state index contributed by atoms with van der Waals surface area (Å²) in [6.07, 6.45) is 0. The lowest BCUT2D eigenvalue weighted by Gasteiger charge is -2.18. The Labute approximate surface area is 160 Å². The standard InChI is InChI=1S/C21H17N3O4/c25-13-18(14-6-2-1-3-7-14)22-16-11-10-15(12-19(16)24(26)27)21-23-17-8-4-5-9-20(17)28-21/h1-12,18,22,25H,13H2. The van der Waals surface area contributed by atoms with Crippen molar-refractivity contribution in [1.29, 1.82) is 0 Å². The average molecular weight is 375 g/mol. The molecule has 0 aliphatic carbocycles. The first-order valence-electron chi connectivity index (χ1n) is 8.72. The van der Waals surface area contributed by atoms with Gasteiger partial charge in [-0.15, -0.1) is 0 Å². The van der Waals surface area contributed by atoms with Crippen LogP contribution in [-0.4, -0.2) is 21.6 Å². The van der Waals surface area contributed by atoms with Gasteiger partial charge in [-0.3, -0.25) is 10.1 Å². The van der Waals surface area contributed by atoms with E-state index >= 15 is 0 Å². The van der Waals surface area contributed by atoms with E-state index < -0.39 is 11.0 Å². The van der Waals surface area contributed by atoms with Gasteiger partial charge in [0.05, 0.1) is 17.6 Å². The summed E-state index contributed by atoms with van der Waals surface area (Å²) in [5.74, 6) is 0.317. The number of nitro benzene ring substituents is 1. The third kappa shape index (κ3) is 3.43. The zero-order chi connectivity index (χ0) is 19.5. The van der Waals surface area contributed by atoms with Crippen LogP contribution in [0.3, 0.4) is 0 Å². The van der Waals surface area contributed by atoms with Crippen molar-refractivity contribution in [2.75, 3.05) is 11.9 Å². The van der Waals surface area contributed by atoms with Crippen molar-refractivity contribution >= 4 is 22.5 Å². The fraction of sp³-hybridized carbons (Fsp3) is 0.0952. The molecule has 0 aliphatic rings. The molecule has 1 atom stereocenters. The number of hydrogen-bond acceptors (Lipinski definition) is 6. The second-order valence-corrected chi connectivity index (χ2v) is 6.27. The molecule has 0 aliphatic heterocycles. The number of aromatic nitrogens is 1. The summed E-state index contributed by atoms with van der Waals surface area (Å²) in [5, 5.41) is 24.4. The molecule has 7 heteroatoms. The maximum Gasteiger partial charge on any atom is 0.293 e. The van der Waals surface area contributed by atoms with Gasteiger partial charge in [0.1, 0.15) is 11.2 Å². The molecule has 0 saturated carbocycles. The van der Waals surface area contributed by atoms with Gasteiger partial charge in [-0.25, -0.2) is 4.98 Å². The molecule has 7 nitrogen and oxygen atoms in total. The number of anilines is 1. The zero-order valence-corrected chi connectivity index (χ0v) is 14.8. The Bertz CT molecular complexity index is 1090. The van der Waals surface area contributed by atoms with Crippen LogP contribution < -0.4 is 5.32 Å². The number of nitrogens with one attached hydrogen (secondary N) is 1. The summed E-state index contributed by atoms with van der Waals surface area (Å²) in [7, 11) is 0. The van der Waals surface area contributed by atoms with Crippen LogP contribution in [-0.2, 0) is 0 Å². The predicted octanol–water partition coefficient (Wildman–Crippen LogP) is 4.55. The minimum atomic E-state index is -0.464. The summed E-state index contributed by atoms with van der Waals surface area (Å²) in [5.41, 5.74) is 2.84. The summed E-state index contributed by atoms with van der Waals surface area (Å²) in [6, 6.07) is 20.9. The van der Waals surface area contributed by atoms with Crippen LogP contribution in [0.15, 0.2) is 77.2 Å². The highest BCUT2D eigenvalue weighted by Gasteiger charge is 2.20. The number of hydrogen-bond donors (Lipinski definition) is 2. The number of aliphatic hydroxyl groups is 1. The lowest BCUT2D eigenvalue weighted by atomic mass is 10.1. The van der Waals surface area contributed by atoms with Crippen molar-refractivity contribution < 1.29 is 14.4 Å². The van der Waals surface area contributed by atoms with Gasteiger partial charge in [0, 0.05) is 11.6 Å². The van der Waals surface area contributed by atoms with Gasteiger partial charge >= 0.3 is 0 Å². The molecule has 2 N–H and O–H groups in total. The van der Waals surface area contributed by atoms with Crippen molar-refractivity contribution in [1.82, 2.24) is 4.98 Å². The molecule has 140 valence electrons. The molecule has 4 aromatic rings. The first kappa shape index (κ1) is 17.7. The number of para-hydroxylation sites is 2. The molecule has 0 bridgehead atoms. The highest BCUT2D eigenvalue weighted by molar-refractivity contribution is 5.77. The van der Waals surface area contributed by atoms with Crippen LogP contribution in [0.4, 0.5) is 11.4 Å². The molecule has 1 heterocycles. The monoisotopic (exact) mass is 375 g/mol. The molecule has 1 unspecified atom stereocenters. The van der Waals surface area contributed by atoms with Gasteiger partial charge in [0.25, 0.3) is 5.69 Å². The maximum absolute atomic E-state index is 11.6. The molecule has 3 aromatic carbocycles. The molecule has 4 rings (SSSR count). The van der Waals surface area contributed by atoms with E-state index in [0.717, 1.165) is 5.56 Å². The van der Waals surface area contributed by atoms with Crippen LogP contribution in [0.5, 0.6) is 0 Å². The first-order chi connectivity index (χ1) is 13.7. The minimum Gasteiger partial charge on any atom is -0.436 e.